The first kappa shape index (κ1) is 22.9. The van der Waals surface area contributed by atoms with E-state index in [1.54, 1.807) is 16.6 Å². The summed E-state index contributed by atoms with van der Waals surface area (Å²) >= 11 is 0. The Labute approximate surface area is 201 Å². The number of benzene rings is 1. The van der Waals surface area contributed by atoms with Crippen LogP contribution < -0.4 is 5.73 Å². The van der Waals surface area contributed by atoms with Gasteiger partial charge in [-0.3, -0.25) is 4.79 Å². The van der Waals surface area contributed by atoms with E-state index in [9.17, 15) is 9.18 Å². The number of amides is 1. The maximum Gasteiger partial charge on any atom is 0.258 e. The zero-order valence-corrected chi connectivity index (χ0v) is 19.7. The first-order chi connectivity index (χ1) is 16.9. The van der Waals surface area contributed by atoms with Crippen LogP contribution in [-0.4, -0.2) is 47.1 Å². The zero-order chi connectivity index (χ0) is 24.5. The number of hydrogen-bond acceptors (Lipinski definition) is 8. The Morgan fingerprint density at radius 1 is 1.14 bits per heavy atom. The zero-order valence-electron chi connectivity index (χ0n) is 19.7. The van der Waals surface area contributed by atoms with Crippen LogP contribution in [0.3, 0.4) is 0 Å². The van der Waals surface area contributed by atoms with Gasteiger partial charge in [-0.15, -0.1) is 5.10 Å². The summed E-state index contributed by atoms with van der Waals surface area (Å²) in [7, 11) is 0. The second-order valence-corrected chi connectivity index (χ2v) is 8.86. The van der Waals surface area contributed by atoms with E-state index in [0.29, 0.717) is 42.4 Å². The minimum atomic E-state index is -0.332. The molecule has 1 unspecified atom stereocenters. The highest BCUT2D eigenvalue weighted by atomic mass is 19.1. The van der Waals surface area contributed by atoms with E-state index in [1.165, 1.54) is 12.1 Å². The molecule has 35 heavy (non-hydrogen) atoms. The van der Waals surface area contributed by atoms with E-state index in [0.717, 1.165) is 42.6 Å². The molecule has 10 nitrogen and oxygen atoms in total. The molecule has 1 aliphatic rings. The third kappa shape index (κ3) is 4.58. The number of nitrogens with two attached hydrogens (primary N) is 1. The molecule has 1 atom stereocenters. The summed E-state index contributed by atoms with van der Waals surface area (Å²) in [6.45, 7) is 4.47. The van der Waals surface area contributed by atoms with Gasteiger partial charge in [0.2, 0.25) is 11.9 Å². The monoisotopic (exact) mass is 478 g/mol. The molecule has 1 saturated heterocycles. The molecule has 0 aliphatic carbocycles. The molecule has 0 saturated carbocycles. The Kier molecular flexibility index (Phi) is 6.14. The number of halogens is 1. The number of fused-ring (bicyclic) bond motifs is 1. The second kappa shape index (κ2) is 9.40. The van der Waals surface area contributed by atoms with Gasteiger partial charge >= 0.3 is 0 Å². The third-order valence-electron chi connectivity index (χ3n) is 6.56. The summed E-state index contributed by atoms with van der Waals surface area (Å²) in [5, 5.41) is 8.39. The van der Waals surface area contributed by atoms with Crippen molar-refractivity contribution in [1.29, 1.82) is 0 Å². The molecule has 0 radical (unpaired) electrons. The molecule has 3 aromatic heterocycles. The Balaban J connectivity index is 1.35. The number of aryl methyl sites for hydroxylation is 2. The van der Waals surface area contributed by atoms with Gasteiger partial charge in [-0.05, 0) is 62.9 Å². The number of aromatic nitrogens is 6. The summed E-state index contributed by atoms with van der Waals surface area (Å²) < 4.78 is 20.4. The van der Waals surface area contributed by atoms with Crippen molar-refractivity contribution in [3.05, 3.63) is 52.9 Å². The number of carbonyl (C=O) groups excluding carboxylic acids is 1. The van der Waals surface area contributed by atoms with E-state index in [4.69, 9.17) is 10.3 Å². The SMILES string of the molecule is Cc1nc2nc(N)nn2c(C)c1CCC(=O)N1CCCCCC1c1noc(-c2ccc(F)cc2)n1. The molecule has 11 heteroatoms. The minimum Gasteiger partial charge on any atom is -0.366 e. The van der Waals surface area contributed by atoms with Gasteiger partial charge in [-0.2, -0.15) is 14.5 Å². The van der Waals surface area contributed by atoms with Gasteiger partial charge in [0.15, 0.2) is 5.82 Å². The van der Waals surface area contributed by atoms with Crippen LogP contribution in [-0.2, 0) is 11.2 Å². The van der Waals surface area contributed by atoms with Crippen LogP contribution in [0.1, 0.15) is 60.9 Å². The number of nitrogen functional groups attached to an aromatic ring is 1. The highest BCUT2D eigenvalue weighted by Crippen LogP contribution is 2.31. The lowest BCUT2D eigenvalue weighted by atomic mass is 10.0. The number of rotatable bonds is 5. The molecule has 4 heterocycles. The number of anilines is 1. The third-order valence-corrected chi connectivity index (χ3v) is 6.56. The molecule has 1 fully saturated rings. The van der Waals surface area contributed by atoms with Crippen LogP contribution in [0.2, 0.25) is 0 Å². The van der Waals surface area contributed by atoms with Gasteiger partial charge in [0.1, 0.15) is 5.82 Å². The van der Waals surface area contributed by atoms with Gasteiger partial charge in [0.25, 0.3) is 11.7 Å². The Bertz CT molecular complexity index is 1360. The van der Waals surface area contributed by atoms with Crippen molar-refractivity contribution in [3.63, 3.8) is 0 Å². The average molecular weight is 479 g/mol. The predicted octanol–water partition coefficient (Wildman–Crippen LogP) is 3.59. The molecular formula is C24H27FN8O2. The molecule has 5 rings (SSSR count). The van der Waals surface area contributed by atoms with Gasteiger partial charge in [-0.1, -0.05) is 18.0 Å². The quantitative estimate of drug-likeness (QED) is 0.461. The lowest BCUT2D eigenvalue weighted by Gasteiger charge is -2.28. The summed E-state index contributed by atoms with van der Waals surface area (Å²) in [5.74, 6) is 1.11. The van der Waals surface area contributed by atoms with Crippen molar-refractivity contribution in [3.8, 4) is 11.5 Å². The molecule has 0 spiro atoms. The van der Waals surface area contributed by atoms with Crippen LogP contribution in [0.4, 0.5) is 10.3 Å². The van der Waals surface area contributed by atoms with Crippen molar-refractivity contribution in [1.82, 2.24) is 34.6 Å². The van der Waals surface area contributed by atoms with Crippen molar-refractivity contribution >= 4 is 17.6 Å². The molecule has 1 amide bonds. The van der Waals surface area contributed by atoms with Crippen LogP contribution in [0.25, 0.3) is 17.2 Å². The van der Waals surface area contributed by atoms with Crippen LogP contribution in [0.15, 0.2) is 28.8 Å². The van der Waals surface area contributed by atoms with Gasteiger partial charge in [-0.25, -0.2) is 9.37 Å². The first-order valence-electron chi connectivity index (χ1n) is 11.8. The Hall–Kier alpha value is -3.89. The van der Waals surface area contributed by atoms with E-state index in [2.05, 4.69) is 25.2 Å². The fourth-order valence-electron chi connectivity index (χ4n) is 4.72. The van der Waals surface area contributed by atoms with Crippen molar-refractivity contribution < 1.29 is 13.7 Å². The molecule has 1 aromatic carbocycles. The average Bonchev–Trinajstić information content (AvgIpc) is 3.38. The van der Waals surface area contributed by atoms with E-state index in [1.807, 2.05) is 18.7 Å². The lowest BCUT2D eigenvalue weighted by Crippen LogP contribution is -2.35. The maximum atomic E-state index is 13.4. The molecule has 0 bridgehead atoms. The van der Waals surface area contributed by atoms with E-state index >= 15 is 0 Å². The van der Waals surface area contributed by atoms with Gasteiger partial charge in [0, 0.05) is 29.9 Å². The normalized spacial score (nSPS) is 16.5. The Morgan fingerprint density at radius 2 is 1.94 bits per heavy atom. The lowest BCUT2D eigenvalue weighted by molar-refractivity contribution is -0.133. The largest absolute Gasteiger partial charge is 0.366 e. The molecule has 182 valence electrons. The topological polar surface area (TPSA) is 128 Å². The fraction of sp³-hybridized carbons (Fsp3) is 0.417. The first-order valence-corrected chi connectivity index (χ1v) is 11.8. The number of likely N-dealkylation sites (tertiary alicyclic amines) is 1. The fourth-order valence-corrected chi connectivity index (χ4v) is 4.72. The number of nitrogens with zero attached hydrogens (tertiary/aromatic N) is 7. The number of hydrogen-bond donors (Lipinski definition) is 1. The van der Waals surface area contributed by atoms with Crippen LogP contribution >= 0.6 is 0 Å². The summed E-state index contributed by atoms with van der Waals surface area (Å²) in [4.78, 5) is 28.5. The number of carbonyl (C=O) groups is 1. The van der Waals surface area contributed by atoms with E-state index < -0.39 is 0 Å². The molecule has 4 aromatic rings. The van der Waals surface area contributed by atoms with Crippen molar-refractivity contribution in [2.75, 3.05) is 12.3 Å². The second-order valence-electron chi connectivity index (χ2n) is 8.86. The van der Waals surface area contributed by atoms with Crippen molar-refractivity contribution in [2.45, 2.75) is 58.4 Å². The Morgan fingerprint density at radius 3 is 2.74 bits per heavy atom. The summed E-state index contributed by atoms with van der Waals surface area (Å²) in [5.41, 5.74) is 9.01. The van der Waals surface area contributed by atoms with Gasteiger partial charge < -0.3 is 15.2 Å². The van der Waals surface area contributed by atoms with E-state index in [-0.39, 0.29) is 23.7 Å². The van der Waals surface area contributed by atoms with Crippen molar-refractivity contribution in [2.24, 2.45) is 0 Å². The molecule has 2 N–H and O–H groups in total. The minimum absolute atomic E-state index is 0.0297. The van der Waals surface area contributed by atoms with Crippen LogP contribution in [0.5, 0.6) is 0 Å². The highest BCUT2D eigenvalue weighted by Gasteiger charge is 2.30. The van der Waals surface area contributed by atoms with Crippen LogP contribution in [0, 0.1) is 19.7 Å². The maximum absolute atomic E-state index is 13.4. The smallest absolute Gasteiger partial charge is 0.258 e. The summed E-state index contributed by atoms with van der Waals surface area (Å²) in [6, 6.07) is 5.64. The predicted molar refractivity (Wildman–Crippen MR) is 126 cm³/mol. The standard InChI is InChI=1S/C24H27FN8O2/c1-14-18(15(2)33-24(27-14)29-23(26)30-33)11-12-20(34)32-13-5-3-4-6-19(32)21-28-22(35-31-21)16-7-9-17(25)10-8-16/h7-10,19H,3-6,11-13H2,1-2H3,(H2,26,30). The van der Waals surface area contributed by atoms with Gasteiger partial charge in [0.05, 0.1) is 6.04 Å². The molecular weight excluding hydrogens is 451 g/mol. The molecule has 1 aliphatic heterocycles. The highest BCUT2D eigenvalue weighted by molar-refractivity contribution is 5.77. The summed E-state index contributed by atoms with van der Waals surface area (Å²) in [6.07, 6.45) is 4.54.